The topological polar surface area (TPSA) is 74.3 Å². The van der Waals surface area contributed by atoms with Crippen LogP contribution in [0.25, 0.3) is 0 Å². The van der Waals surface area contributed by atoms with Gasteiger partial charge in [0.25, 0.3) is 5.56 Å². The maximum absolute atomic E-state index is 11.4. The van der Waals surface area contributed by atoms with E-state index in [1.165, 1.54) is 17.7 Å². The predicted octanol–water partition coefficient (Wildman–Crippen LogP) is 0.302. The number of ether oxygens (including phenoxy) is 1. The molecule has 0 aromatic carbocycles. The zero-order valence-electron chi connectivity index (χ0n) is 8.82. The Kier molecular flexibility index (Phi) is 3.49. The lowest BCUT2D eigenvalue weighted by Gasteiger charge is -2.10. The molecule has 0 bridgehead atoms. The molecule has 0 aliphatic carbocycles. The summed E-state index contributed by atoms with van der Waals surface area (Å²) in [6.07, 6.45) is 0.167. The Morgan fingerprint density at radius 1 is 1.53 bits per heavy atom. The van der Waals surface area contributed by atoms with Crippen LogP contribution in [0.15, 0.2) is 16.9 Å². The number of nitrogen functional groups attached to an aromatic ring is 1. The largest absolute Gasteiger partial charge is 0.469 e. The molecule has 5 nitrogen and oxygen atoms in total. The summed E-state index contributed by atoms with van der Waals surface area (Å²) >= 11 is 0. The third-order valence-corrected chi connectivity index (χ3v) is 2.26. The number of anilines is 1. The van der Waals surface area contributed by atoms with E-state index in [1.54, 1.807) is 13.0 Å². The molecule has 0 fully saturated rings. The van der Waals surface area contributed by atoms with Crippen molar-refractivity contribution >= 4 is 11.7 Å². The first-order valence-electron chi connectivity index (χ1n) is 4.59. The molecule has 0 amide bonds. The van der Waals surface area contributed by atoms with Gasteiger partial charge in [-0.2, -0.15) is 0 Å². The normalized spacial score (nSPS) is 10.0. The Morgan fingerprint density at radius 3 is 2.80 bits per heavy atom. The van der Waals surface area contributed by atoms with Gasteiger partial charge in [-0.3, -0.25) is 9.59 Å². The van der Waals surface area contributed by atoms with E-state index >= 15 is 0 Å². The zero-order chi connectivity index (χ0) is 11.4. The van der Waals surface area contributed by atoms with E-state index < -0.39 is 0 Å². The van der Waals surface area contributed by atoms with Gasteiger partial charge in [-0.05, 0) is 13.0 Å². The van der Waals surface area contributed by atoms with Crippen LogP contribution in [0.1, 0.15) is 12.1 Å². The van der Waals surface area contributed by atoms with Crippen LogP contribution in [-0.2, 0) is 16.1 Å². The van der Waals surface area contributed by atoms with Gasteiger partial charge < -0.3 is 15.0 Å². The number of rotatable bonds is 3. The van der Waals surface area contributed by atoms with Crippen molar-refractivity contribution in [3.05, 3.63) is 28.2 Å². The first-order chi connectivity index (χ1) is 7.06. The van der Waals surface area contributed by atoms with Gasteiger partial charge in [-0.25, -0.2) is 0 Å². The number of aromatic nitrogens is 1. The summed E-state index contributed by atoms with van der Waals surface area (Å²) in [5.74, 6) is -0.344. The fraction of sp³-hybridized carbons (Fsp3) is 0.400. The molecule has 0 aliphatic heterocycles. The predicted molar refractivity (Wildman–Crippen MR) is 56.5 cm³/mol. The molecule has 1 heterocycles. The molecule has 1 aromatic rings. The molecule has 15 heavy (non-hydrogen) atoms. The van der Waals surface area contributed by atoms with Crippen molar-refractivity contribution in [2.75, 3.05) is 12.8 Å². The average molecular weight is 210 g/mol. The van der Waals surface area contributed by atoms with Gasteiger partial charge in [0, 0.05) is 18.3 Å². The van der Waals surface area contributed by atoms with Crippen molar-refractivity contribution in [2.45, 2.75) is 19.9 Å². The van der Waals surface area contributed by atoms with Gasteiger partial charge >= 0.3 is 5.97 Å². The second-order valence-corrected chi connectivity index (χ2v) is 3.19. The van der Waals surface area contributed by atoms with Gasteiger partial charge in [0.2, 0.25) is 0 Å². The molecule has 2 N–H and O–H groups in total. The third-order valence-electron chi connectivity index (χ3n) is 2.26. The molecule has 0 unspecified atom stereocenters. The van der Waals surface area contributed by atoms with Crippen LogP contribution in [0.2, 0.25) is 0 Å². The van der Waals surface area contributed by atoms with Gasteiger partial charge in [-0.1, -0.05) is 0 Å². The summed E-state index contributed by atoms with van der Waals surface area (Å²) < 4.78 is 5.96. The highest BCUT2D eigenvalue weighted by molar-refractivity contribution is 5.69. The summed E-state index contributed by atoms with van der Waals surface area (Å²) in [5, 5.41) is 0. The highest BCUT2D eigenvalue weighted by Crippen LogP contribution is 2.06. The average Bonchev–Trinajstić information content (AvgIpc) is 2.23. The molecular weight excluding hydrogens is 196 g/mol. The van der Waals surface area contributed by atoms with Gasteiger partial charge in [0.15, 0.2) is 0 Å². The van der Waals surface area contributed by atoms with E-state index in [9.17, 15) is 9.59 Å². The number of esters is 1. The quantitative estimate of drug-likeness (QED) is 0.728. The van der Waals surface area contributed by atoms with Crippen LogP contribution < -0.4 is 11.3 Å². The summed E-state index contributed by atoms with van der Waals surface area (Å²) in [5.41, 5.74) is 6.70. The van der Waals surface area contributed by atoms with E-state index in [0.29, 0.717) is 17.9 Å². The number of carbonyl (C=O) groups excluding carboxylic acids is 1. The van der Waals surface area contributed by atoms with Crippen molar-refractivity contribution in [1.82, 2.24) is 4.57 Å². The van der Waals surface area contributed by atoms with E-state index in [-0.39, 0.29) is 17.9 Å². The van der Waals surface area contributed by atoms with Gasteiger partial charge in [-0.15, -0.1) is 0 Å². The van der Waals surface area contributed by atoms with Crippen LogP contribution >= 0.6 is 0 Å². The smallest absolute Gasteiger partial charge is 0.307 e. The van der Waals surface area contributed by atoms with Gasteiger partial charge in [0.1, 0.15) is 0 Å². The maximum atomic E-state index is 11.4. The summed E-state index contributed by atoms with van der Waals surface area (Å²) in [4.78, 5) is 22.4. The Labute approximate surface area is 87.5 Å². The van der Waals surface area contributed by atoms with Crippen LogP contribution in [0.5, 0.6) is 0 Å². The lowest BCUT2D eigenvalue weighted by molar-refractivity contribution is -0.140. The Morgan fingerprint density at radius 2 is 2.20 bits per heavy atom. The zero-order valence-corrected chi connectivity index (χ0v) is 8.82. The lowest BCUT2D eigenvalue weighted by atomic mass is 10.3. The van der Waals surface area contributed by atoms with Crippen molar-refractivity contribution in [3.8, 4) is 0 Å². The van der Waals surface area contributed by atoms with Crippen molar-refractivity contribution < 1.29 is 9.53 Å². The number of hydrogen-bond donors (Lipinski definition) is 1. The molecule has 1 rings (SSSR count). The van der Waals surface area contributed by atoms with Crippen LogP contribution in [0.3, 0.4) is 0 Å². The first kappa shape index (κ1) is 11.3. The van der Waals surface area contributed by atoms with E-state index in [4.69, 9.17) is 5.73 Å². The molecule has 0 atom stereocenters. The van der Waals surface area contributed by atoms with Crippen LogP contribution in [-0.4, -0.2) is 17.6 Å². The maximum Gasteiger partial charge on any atom is 0.307 e. The molecular formula is C10H14N2O3. The van der Waals surface area contributed by atoms with Crippen molar-refractivity contribution in [2.24, 2.45) is 0 Å². The molecule has 82 valence electrons. The minimum atomic E-state index is -0.344. The lowest BCUT2D eigenvalue weighted by Crippen LogP contribution is -2.23. The number of carbonyl (C=O) groups is 1. The minimum Gasteiger partial charge on any atom is -0.469 e. The fourth-order valence-electron chi connectivity index (χ4n) is 1.28. The van der Waals surface area contributed by atoms with Crippen molar-refractivity contribution in [3.63, 3.8) is 0 Å². The van der Waals surface area contributed by atoms with Crippen LogP contribution in [0, 0.1) is 6.92 Å². The summed E-state index contributed by atoms with van der Waals surface area (Å²) in [7, 11) is 1.32. The number of nitrogens with two attached hydrogens (primary N) is 1. The summed E-state index contributed by atoms with van der Waals surface area (Å²) in [6.45, 7) is 2.04. The third kappa shape index (κ3) is 2.59. The number of nitrogens with zero attached hydrogens (tertiary/aromatic N) is 1. The molecule has 0 radical (unpaired) electrons. The Hall–Kier alpha value is -1.78. The molecule has 0 spiro atoms. The fourth-order valence-corrected chi connectivity index (χ4v) is 1.28. The van der Waals surface area contributed by atoms with Crippen molar-refractivity contribution in [1.29, 1.82) is 0 Å². The number of methoxy groups -OCH3 is 1. The van der Waals surface area contributed by atoms with Gasteiger partial charge in [0.05, 0.1) is 19.2 Å². The first-order valence-corrected chi connectivity index (χ1v) is 4.59. The molecule has 0 saturated carbocycles. The van der Waals surface area contributed by atoms with E-state index in [0.717, 1.165) is 0 Å². The van der Waals surface area contributed by atoms with E-state index in [1.807, 2.05) is 0 Å². The second-order valence-electron chi connectivity index (χ2n) is 3.19. The van der Waals surface area contributed by atoms with E-state index in [2.05, 4.69) is 4.74 Å². The Bertz CT molecular complexity index is 423. The molecule has 0 aliphatic rings. The molecule has 0 saturated heterocycles. The second kappa shape index (κ2) is 4.63. The minimum absolute atomic E-state index is 0.161. The SMILES string of the molecule is COC(=O)CCn1c(C)c(N)ccc1=O. The number of pyridine rings is 1. The molecule has 5 heteroatoms. The highest BCUT2D eigenvalue weighted by atomic mass is 16.5. The monoisotopic (exact) mass is 210 g/mol. The number of hydrogen-bond acceptors (Lipinski definition) is 4. The highest BCUT2D eigenvalue weighted by Gasteiger charge is 2.06. The Balaban J connectivity index is 2.90. The molecule has 1 aromatic heterocycles. The summed E-state index contributed by atoms with van der Waals surface area (Å²) in [6, 6.07) is 2.95. The standard InChI is InChI=1S/C10H14N2O3/c1-7-8(11)3-4-9(13)12(7)6-5-10(14)15-2/h3-4H,5-6,11H2,1-2H3. The van der Waals surface area contributed by atoms with Crippen LogP contribution in [0.4, 0.5) is 5.69 Å².